The Labute approximate surface area is 116 Å². The van der Waals surface area contributed by atoms with Gasteiger partial charge in [0.1, 0.15) is 0 Å². The first-order chi connectivity index (χ1) is 9.33. The molecule has 2 N–H and O–H groups in total. The van der Waals surface area contributed by atoms with E-state index >= 15 is 0 Å². The predicted octanol–water partition coefficient (Wildman–Crippen LogP) is 3.77. The molecule has 0 aliphatic heterocycles. The van der Waals surface area contributed by atoms with Gasteiger partial charge in [-0.25, -0.2) is 0 Å². The Bertz CT molecular complexity index is 379. The van der Waals surface area contributed by atoms with Gasteiger partial charge in [0.15, 0.2) is 0 Å². The summed E-state index contributed by atoms with van der Waals surface area (Å²) in [5, 5.41) is 12.5. The molecule has 0 radical (unpaired) electrons. The van der Waals surface area contributed by atoms with E-state index in [0.29, 0.717) is 6.04 Å². The van der Waals surface area contributed by atoms with Crippen LogP contribution in [0.25, 0.3) is 0 Å². The molecule has 1 aromatic rings. The molecule has 0 heterocycles. The first kappa shape index (κ1) is 14.1. The minimum atomic E-state index is 0.212. The first-order valence-corrected chi connectivity index (χ1v) is 7.42. The number of anilines is 1. The molecule has 0 spiro atoms. The van der Waals surface area contributed by atoms with Crippen LogP contribution in [0.5, 0.6) is 0 Å². The standard InChI is InChI=1S/C17H25NO/c1-2-17(15-6-4-3-5-7-15)18-16-10-8-14(9-11-16)12-13-19/h2,8-11,15,17-19H,1,3-7,12-13H2/t17-/m0/s1. The number of aliphatic hydroxyl groups excluding tert-OH is 1. The van der Waals surface area contributed by atoms with Crippen molar-refractivity contribution in [3.8, 4) is 0 Å². The average molecular weight is 259 g/mol. The van der Waals surface area contributed by atoms with Crippen LogP contribution < -0.4 is 5.32 Å². The second-order valence-corrected chi connectivity index (χ2v) is 5.47. The molecule has 1 fully saturated rings. The highest BCUT2D eigenvalue weighted by Gasteiger charge is 2.20. The molecule has 1 aliphatic rings. The number of aliphatic hydroxyl groups is 1. The third kappa shape index (κ3) is 4.10. The van der Waals surface area contributed by atoms with Crippen molar-refractivity contribution >= 4 is 5.69 Å². The molecule has 2 nitrogen and oxygen atoms in total. The van der Waals surface area contributed by atoms with Gasteiger partial charge in [0, 0.05) is 18.3 Å². The van der Waals surface area contributed by atoms with E-state index in [2.05, 4.69) is 42.2 Å². The highest BCUT2D eigenvalue weighted by molar-refractivity contribution is 5.46. The molecule has 1 atom stereocenters. The summed E-state index contributed by atoms with van der Waals surface area (Å²) in [5.41, 5.74) is 2.33. The topological polar surface area (TPSA) is 32.3 Å². The Morgan fingerprint density at radius 1 is 1.21 bits per heavy atom. The first-order valence-electron chi connectivity index (χ1n) is 7.42. The van der Waals surface area contributed by atoms with Crippen molar-refractivity contribution in [3.05, 3.63) is 42.5 Å². The van der Waals surface area contributed by atoms with Gasteiger partial charge in [-0.05, 0) is 42.9 Å². The third-order valence-electron chi connectivity index (χ3n) is 4.10. The van der Waals surface area contributed by atoms with Crippen LogP contribution in [0, 0.1) is 5.92 Å². The van der Waals surface area contributed by atoms with Gasteiger partial charge in [-0.3, -0.25) is 0 Å². The Morgan fingerprint density at radius 2 is 1.89 bits per heavy atom. The minimum absolute atomic E-state index is 0.212. The van der Waals surface area contributed by atoms with Crippen molar-refractivity contribution in [1.29, 1.82) is 0 Å². The fraction of sp³-hybridized carbons (Fsp3) is 0.529. The van der Waals surface area contributed by atoms with E-state index in [4.69, 9.17) is 5.11 Å². The minimum Gasteiger partial charge on any atom is -0.396 e. The van der Waals surface area contributed by atoms with Gasteiger partial charge in [0.2, 0.25) is 0 Å². The molecular weight excluding hydrogens is 234 g/mol. The molecule has 19 heavy (non-hydrogen) atoms. The lowest BCUT2D eigenvalue weighted by Gasteiger charge is -2.29. The van der Waals surface area contributed by atoms with Crippen molar-refractivity contribution < 1.29 is 5.11 Å². The fourth-order valence-corrected chi connectivity index (χ4v) is 2.95. The van der Waals surface area contributed by atoms with Gasteiger partial charge in [0.05, 0.1) is 0 Å². The highest BCUT2D eigenvalue weighted by atomic mass is 16.2. The number of rotatable bonds is 6. The van der Waals surface area contributed by atoms with Crippen LogP contribution >= 0.6 is 0 Å². The third-order valence-corrected chi connectivity index (χ3v) is 4.10. The predicted molar refractivity (Wildman–Crippen MR) is 81.4 cm³/mol. The number of hydrogen-bond donors (Lipinski definition) is 2. The maximum Gasteiger partial charge on any atom is 0.0471 e. The van der Waals surface area contributed by atoms with Crippen LogP contribution in [0.3, 0.4) is 0 Å². The van der Waals surface area contributed by atoms with E-state index < -0.39 is 0 Å². The summed E-state index contributed by atoms with van der Waals surface area (Å²) in [4.78, 5) is 0. The quantitative estimate of drug-likeness (QED) is 0.762. The van der Waals surface area contributed by atoms with E-state index in [1.54, 1.807) is 0 Å². The molecule has 2 rings (SSSR count). The van der Waals surface area contributed by atoms with E-state index in [0.717, 1.165) is 18.0 Å². The Morgan fingerprint density at radius 3 is 2.47 bits per heavy atom. The van der Waals surface area contributed by atoms with E-state index in [9.17, 15) is 0 Å². The lowest BCUT2D eigenvalue weighted by Crippen LogP contribution is -2.28. The lowest BCUT2D eigenvalue weighted by molar-refractivity contribution is 0.299. The Kier molecular flexibility index (Phi) is 5.46. The molecule has 0 unspecified atom stereocenters. The zero-order chi connectivity index (χ0) is 13.5. The molecule has 0 bridgehead atoms. The van der Waals surface area contributed by atoms with E-state index in [1.165, 1.54) is 37.7 Å². The number of hydrogen-bond acceptors (Lipinski definition) is 2. The smallest absolute Gasteiger partial charge is 0.0471 e. The van der Waals surface area contributed by atoms with Crippen molar-refractivity contribution in [2.45, 2.75) is 44.6 Å². The van der Waals surface area contributed by atoms with Crippen LogP contribution in [0.2, 0.25) is 0 Å². The van der Waals surface area contributed by atoms with Gasteiger partial charge in [0.25, 0.3) is 0 Å². The molecular formula is C17H25NO. The molecule has 0 amide bonds. The normalized spacial score (nSPS) is 17.9. The van der Waals surface area contributed by atoms with Crippen LogP contribution in [0.15, 0.2) is 36.9 Å². The number of benzene rings is 1. The highest BCUT2D eigenvalue weighted by Crippen LogP contribution is 2.28. The zero-order valence-corrected chi connectivity index (χ0v) is 11.6. The zero-order valence-electron chi connectivity index (χ0n) is 11.6. The van der Waals surface area contributed by atoms with Crippen molar-refractivity contribution in [3.63, 3.8) is 0 Å². The van der Waals surface area contributed by atoms with E-state index in [1.807, 2.05) is 0 Å². The summed E-state index contributed by atoms with van der Waals surface area (Å²) >= 11 is 0. The molecule has 0 aromatic heterocycles. The second kappa shape index (κ2) is 7.34. The van der Waals surface area contributed by atoms with Gasteiger partial charge >= 0.3 is 0 Å². The van der Waals surface area contributed by atoms with Crippen LogP contribution in [-0.2, 0) is 6.42 Å². The summed E-state index contributed by atoms with van der Waals surface area (Å²) in [6.07, 6.45) is 9.50. The lowest BCUT2D eigenvalue weighted by atomic mass is 9.84. The van der Waals surface area contributed by atoms with Crippen molar-refractivity contribution in [2.75, 3.05) is 11.9 Å². The Balaban J connectivity index is 1.95. The van der Waals surface area contributed by atoms with Crippen LogP contribution in [0.4, 0.5) is 5.69 Å². The summed E-state index contributed by atoms with van der Waals surface area (Å²) in [6.45, 7) is 4.20. The SMILES string of the molecule is C=C[C@H](Nc1ccc(CCO)cc1)C1CCCCC1. The molecule has 0 saturated heterocycles. The molecule has 104 valence electrons. The molecule has 1 aliphatic carbocycles. The average Bonchev–Trinajstić information content (AvgIpc) is 2.48. The summed E-state index contributed by atoms with van der Waals surface area (Å²) in [7, 11) is 0. The van der Waals surface area contributed by atoms with Gasteiger partial charge < -0.3 is 10.4 Å². The van der Waals surface area contributed by atoms with Gasteiger partial charge in [-0.1, -0.05) is 37.5 Å². The van der Waals surface area contributed by atoms with Gasteiger partial charge in [-0.2, -0.15) is 0 Å². The molecule has 1 saturated carbocycles. The van der Waals surface area contributed by atoms with Crippen LogP contribution in [0.1, 0.15) is 37.7 Å². The number of nitrogens with one attached hydrogen (secondary N) is 1. The van der Waals surface area contributed by atoms with E-state index in [-0.39, 0.29) is 6.61 Å². The maximum atomic E-state index is 8.91. The second-order valence-electron chi connectivity index (χ2n) is 5.47. The monoisotopic (exact) mass is 259 g/mol. The fourth-order valence-electron chi connectivity index (χ4n) is 2.95. The largest absolute Gasteiger partial charge is 0.396 e. The molecule has 2 heteroatoms. The van der Waals surface area contributed by atoms with Crippen molar-refractivity contribution in [1.82, 2.24) is 0 Å². The van der Waals surface area contributed by atoms with Crippen molar-refractivity contribution in [2.24, 2.45) is 5.92 Å². The Hall–Kier alpha value is -1.28. The van der Waals surface area contributed by atoms with Gasteiger partial charge in [-0.15, -0.1) is 6.58 Å². The van der Waals surface area contributed by atoms with Crippen LogP contribution in [-0.4, -0.2) is 17.8 Å². The summed E-state index contributed by atoms with van der Waals surface area (Å²) in [5.74, 6) is 0.725. The molecule has 1 aromatic carbocycles. The summed E-state index contributed by atoms with van der Waals surface area (Å²) in [6, 6.07) is 8.75. The maximum absolute atomic E-state index is 8.91. The summed E-state index contributed by atoms with van der Waals surface area (Å²) < 4.78 is 0.